The van der Waals surface area contributed by atoms with Crippen LogP contribution in [-0.4, -0.2) is 43.5 Å². The fraction of sp³-hybridized carbons (Fsp3) is 0.300. The Labute approximate surface area is 176 Å². The number of hydrogen-bond donors (Lipinski definition) is 1. The van der Waals surface area contributed by atoms with Crippen LogP contribution in [0.15, 0.2) is 40.9 Å². The van der Waals surface area contributed by atoms with Crippen LogP contribution >= 0.6 is 27.5 Å². The molecule has 1 N–H and O–H groups in total. The highest BCUT2D eigenvalue weighted by Gasteiger charge is 2.36. The van der Waals surface area contributed by atoms with Gasteiger partial charge in [0.1, 0.15) is 17.5 Å². The van der Waals surface area contributed by atoms with E-state index < -0.39 is 6.04 Å². The first-order valence-electron chi connectivity index (χ1n) is 8.73. The summed E-state index contributed by atoms with van der Waals surface area (Å²) >= 11 is 9.44. The Balaban J connectivity index is 1.83. The Morgan fingerprint density at radius 2 is 1.86 bits per heavy atom. The Morgan fingerprint density at radius 3 is 2.57 bits per heavy atom. The molecule has 2 aromatic carbocycles. The van der Waals surface area contributed by atoms with Crippen molar-refractivity contribution in [2.45, 2.75) is 18.9 Å². The van der Waals surface area contributed by atoms with Gasteiger partial charge in [-0.25, -0.2) is 0 Å². The number of carbonyl (C=O) groups is 2. The maximum Gasteiger partial charge on any atom is 0.258 e. The zero-order chi connectivity index (χ0) is 20.3. The molecule has 148 valence electrons. The summed E-state index contributed by atoms with van der Waals surface area (Å²) in [6.45, 7) is 0.488. The van der Waals surface area contributed by atoms with E-state index in [-0.39, 0.29) is 11.8 Å². The average molecular weight is 468 g/mol. The van der Waals surface area contributed by atoms with E-state index in [2.05, 4.69) is 21.2 Å². The maximum absolute atomic E-state index is 13.1. The monoisotopic (exact) mass is 466 g/mol. The summed E-state index contributed by atoms with van der Waals surface area (Å²) in [5, 5.41) is 3.31. The van der Waals surface area contributed by atoms with E-state index in [4.69, 9.17) is 21.1 Å². The lowest BCUT2D eigenvalue weighted by Gasteiger charge is -2.25. The lowest BCUT2D eigenvalue weighted by atomic mass is 10.1. The van der Waals surface area contributed by atoms with Gasteiger partial charge in [-0.3, -0.25) is 9.59 Å². The molecule has 0 radical (unpaired) electrons. The molecule has 28 heavy (non-hydrogen) atoms. The van der Waals surface area contributed by atoms with E-state index in [0.29, 0.717) is 40.7 Å². The fourth-order valence-electron chi connectivity index (χ4n) is 3.28. The van der Waals surface area contributed by atoms with Gasteiger partial charge < -0.3 is 19.7 Å². The molecule has 3 rings (SSSR count). The molecule has 6 nitrogen and oxygen atoms in total. The quantitative estimate of drug-likeness (QED) is 0.709. The van der Waals surface area contributed by atoms with Crippen LogP contribution in [-0.2, 0) is 4.79 Å². The molecule has 1 saturated heterocycles. The zero-order valence-corrected chi connectivity index (χ0v) is 17.8. The summed E-state index contributed by atoms with van der Waals surface area (Å²) < 4.78 is 11.4. The maximum atomic E-state index is 13.1. The number of hydrogen-bond acceptors (Lipinski definition) is 4. The van der Waals surface area contributed by atoms with Gasteiger partial charge in [-0.1, -0.05) is 27.5 Å². The zero-order valence-electron chi connectivity index (χ0n) is 15.5. The minimum Gasteiger partial charge on any atom is -0.496 e. The summed E-state index contributed by atoms with van der Waals surface area (Å²) in [5.74, 6) is 0.430. The first-order valence-corrected chi connectivity index (χ1v) is 9.90. The van der Waals surface area contributed by atoms with E-state index in [1.807, 2.05) is 6.07 Å². The molecule has 1 aliphatic heterocycles. The molecule has 0 aromatic heterocycles. The number of nitrogens with zero attached hydrogens (tertiary/aromatic N) is 1. The Hall–Kier alpha value is -2.25. The lowest BCUT2D eigenvalue weighted by Crippen LogP contribution is -2.43. The van der Waals surface area contributed by atoms with Crippen molar-refractivity contribution >= 4 is 45.0 Å². The van der Waals surface area contributed by atoms with Gasteiger partial charge in [0.2, 0.25) is 5.91 Å². The Bertz CT molecular complexity index is 906. The van der Waals surface area contributed by atoms with E-state index in [1.54, 1.807) is 35.2 Å². The number of anilines is 1. The van der Waals surface area contributed by atoms with E-state index in [9.17, 15) is 9.59 Å². The molecule has 1 atom stereocenters. The third kappa shape index (κ3) is 4.25. The molecule has 0 spiro atoms. The van der Waals surface area contributed by atoms with Gasteiger partial charge in [0.15, 0.2) is 0 Å². The Morgan fingerprint density at radius 1 is 1.14 bits per heavy atom. The van der Waals surface area contributed by atoms with Crippen molar-refractivity contribution in [1.29, 1.82) is 0 Å². The summed E-state index contributed by atoms with van der Waals surface area (Å²) in [6, 6.07) is 9.63. The third-order valence-corrected chi connectivity index (χ3v) is 5.36. The van der Waals surface area contributed by atoms with Gasteiger partial charge >= 0.3 is 0 Å². The van der Waals surface area contributed by atoms with Gasteiger partial charge in [0, 0.05) is 16.0 Å². The third-order valence-electron chi connectivity index (χ3n) is 4.63. The van der Waals surface area contributed by atoms with Crippen LogP contribution < -0.4 is 14.8 Å². The average Bonchev–Trinajstić information content (AvgIpc) is 3.17. The number of ether oxygens (including phenoxy) is 2. The van der Waals surface area contributed by atoms with Gasteiger partial charge in [-0.2, -0.15) is 0 Å². The first kappa shape index (κ1) is 20.5. The second-order valence-electron chi connectivity index (χ2n) is 6.34. The van der Waals surface area contributed by atoms with Crippen LogP contribution in [0.25, 0.3) is 0 Å². The molecule has 1 heterocycles. The molecule has 2 amide bonds. The number of amides is 2. The SMILES string of the molecule is COc1ccc(Br)cc1NC(=O)C1CCCN1C(=O)c1cc(Cl)ccc1OC. The van der Waals surface area contributed by atoms with Crippen molar-refractivity contribution < 1.29 is 19.1 Å². The molecule has 1 fully saturated rings. The number of carbonyl (C=O) groups excluding carboxylic acids is 2. The normalized spacial score (nSPS) is 16.0. The number of halogens is 2. The van der Waals surface area contributed by atoms with Crippen molar-refractivity contribution in [3.63, 3.8) is 0 Å². The van der Waals surface area contributed by atoms with E-state index in [1.165, 1.54) is 14.2 Å². The highest BCUT2D eigenvalue weighted by molar-refractivity contribution is 9.10. The van der Waals surface area contributed by atoms with Crippen LogP contribution in [0.3, 0.4) is 0 Å². The second kappa shape index (κ2) is 8.84. The minimum absolute atomic E-state index is 0.261. The predicted octanol–water partition coefficient (Wildman–Crippen LogP) is 4.36. The molecular formula is C20H20BrClN2O4. The highest BCUT2D eigenvalue weighted by Crippen LogP contribution is 2.31. The molecule has 8 heteroatoms. The van der Waals surface area contributed by atoms with E-state index in [0.717, 1.165) is 10.9 Å². The predicted molar refractivity (Wildman–Crippen MR) is 111 cm³/mol. The smallest absolute Gasteiger partial charge is 0.258 e. The summed E-state index contributed by atoms with van der Waals surface area (Å²) in [6.07, 6.45) is 1.32. The summed E-state index contributed by atoms with van der Waals surface area (Å²) in [4.78, 5) is 27.6. The molecule has 1 aliphatic rings. The van der Waals surface area contributed by atoms with Crippen LogP contribution in [0.1, 0.15) is 23.2 Å². The second-order valence-corrected chi connectivity index (χ2v) is 7.69. The van der Waals surface area contributed by atoms with Crippen molar-refractivity contribution in [3.05, 3.63) is 51.5 Å². The molecule has 1 unspecified atom stereocenters. The van der Waals surface area contributed by atoms with Crippen LogP contribution in [0.5, 0.6) is 11.5 Å². The molecule has 2 aromatic rings. The number of rotatable bonds is 5. The summed E-state index contributed by atoms with van der Waals surface area (Å²) in [5.41, 5.74) is 0.885. The molecular weight excluding hydrogens is 448 g/mol. The highest BCUT2D eigenvalue weighted by atomic mass is 79.9. The number of methoxy groups -OCH3 is 2. The minimum atomic E-state index is -0.583. The standard InChI is InChI=1S/C20H20BrClN2O4/c1-27-17-8-6-13(22)11-14(17)20(26)24-9-3-4-16(24)19(25)23-15-10-12(21)5-7-18(15)28-2/h5-8,10-11,16H,3-4,9H2,1-2H3,(H,23,25). The van der Waals surface area contributed by atoms with Gasteiger partial charge in [0.05, 0.1) is 25.5 Å². The van der Waals surface area contributed by atoms with Crippen molar-refractivity contribution in [2.75, 3.05) is 26.1 Å². The topological polar surface area (TPSA) is 67.9 Å². The van der Waals surface area contributed by atoms with Gasteiger partial charge in [-0.05, 0) is 49.2 Å². The van der Waals surface area contributed by atoms with Crippen LogP contribution in [0.4, 0.5) is 5.69 Å². The van der Waals surface area contributed by atoms with Crippen LogP contribution in [0.2, 0.25) is 5.02 Å². The largest absolute Gasteiger partial charge is 0.496 e. The number of likely N-dealkylation sites (tertiary alicyclic amines) is 1. The van der Waals surface area contributed by atoms with Gasteiger partial charge in [-0.15, -0.1) is 0 Å². The summed E-state index contributed by atoms with van der Waals surface area (Å²) in [7, 11) is 3.03. The molecule has 0 bridgehead atoms. The van der Waals surface area contributed by atoms with E-state index >= 15 is 0 Å². The lowest BCUT2D eigenvalue weighted by molar-refractivity contribution is -0.119. The number of benzene rings is 2. The molecule has 0 saturated carbocycles. The van der Waals surface area contributed by atoms with Crippen LogP contribution in [0, 0.1) is 0 Å². The molecule has 0 aliphatic carbocycles. The van der Waals surface area contributed by atoms with Crippen molar-refractivity contribution in [3.8, 4) is 11.5 Å². The van der Waals surface area contributed by atoms with Crippen molar-refractivity contribution in [2.24, 2.45) is 0 Å². The van der Waals surface area contributed by atoms with Gasteiger partial charge in [0.25, 0.3) is 5.91 Å². The first-order chi connectivity index (χ1) is 13.4. The number of nitrogens with one attached hydrogen (secondary N) is 1. The fourth-order valence-corrected chi connectivity index (χ4v) is 3.81. The Kier molecular flexibility index (Phi) is 6.46. The van der Waals surface area contributed by atoms with Crippen molar-refractivity contribution in [1.82, 2.24) is 4.90 Å².